The van der Waals surface area contributed by atoms with Gasteiger partial charge in [0.2, 0.25) is 0 Å². The summed E-state index contributed by atoms with van der Waals surface area (Å²) in [5.74, 6) is 0. The number of likely N-dealkylation sites (tertiary alicyclic amines) is 2. The summed E-state index contributed by atoms with van der Waals surface area (Å²) in [6.07, 6.45) is 9.12. The lowest BCUT2D eigenvalue weighted by atomic mass is 10.0. The van der Waals surface area contributed by atoms with E-state index in [1.165, 1.54) is 15.3 Å². The number of benzene rings is 2. The van der Waals surface area contributed by atoms with Gasteiger partial charge in [-0.2, -0.15) is 0 Å². The molecule has 64 heavy (non-hydrogen) atoms. The van der Waals surface area contributed by atoms with Crippen LogP contribution in [0.5, 0.6) is 0 Å². The van der Waals surface area contributed by atoms with Gasteiger partial charge in [0, 0.05) is 79.0 Å². The van der Waals surface area contributed by atoms with Crippen molar-refractivity contribution in [3.8, 4) is 0 Å². The first-order chi connectivity index (χ1) is 30.9. The molecule has 6 rings (SSSR count). The number of alkyl carbamates (subject to hydrolysis) is 1. The van der Waals surface area contributed by atoms with E-state index in [2.05, 4.69) is 110 Å². The standard InChI is InChI=1S/C26H38N4O3S.C21H30N4OS.CH2O2/c1-26(2,3)33-25(32)28-16-12-20-8-10-21(11-9-20)29-22-13-17-30(18-14-22)24(31)27-15-4-6-23-7-5-19-34-23;22-12-9-17-5-7-18(8-6-17)24-19-10-14-25(15-11-19)21(26)23-13-1-3-20-4-2-16-27-20;2-1-3/h5,7-11,19,22,29H,4,6,12-18H2,1-3H3,(H,27,31)(H,28,32);2,4-8,16,19,24H,1,3,9-15,22H2,(H,23,26);1H,(H,2,3). The maximum Gasteiger partial charge on any atom is 0.407 e. The summed E-state index contributed by atoms with van der Waals surface area (Å²) in [4.78, 5) is 51.4. The Balaban J connectivity index is 0.000000270. The van der Waals surface area contributed by atoms with Gasteiger partial charge >= 0.3 is 18.2 Å². The molecule has 2 fully saturated rings. The van der Waals surface area contributed by atoms with Crippen LogP contribution >= 0.6 is 22.7 Å². The van der Waals surface area contributed by atoms with Crippen LogP contribution < -0.4 is 32.3 Å². The van der Waals surface area contributed by atoms with Crippen molar-refractivity contribution in [3.05, 3.63) is 104 Å². The highest BCUT2D eigenvalue weighted by molar-refractivity contribution is 7.10. The SMILES string of the molecule is CC(C)(C)OC(=O)NCCc1ccc(NC2CCN(C(=O)NCCCc3cccs3)CC2)cc1.NCCc1ccc(NC2CCN(C(=O)NCCCc3cccs3)CC2)cc1.O=CO. The summed E-state index contributed by atoms with van der Waals surface area (Å²) in [6, 6.07) is 26.2. The van der Waals surface area contributed by atoms with Gasteiger partial charge in [-0.05, 0) is 150 Å². The number of carbonyl (C=O) groups excluding carboxylic acids is 3. The van der Waals surface area contributed by atoms with Gasteiger partial charge in [0.1, 0.15) is 5.60 Å². The van der Waals surface area contributed by atoms with Crippen molar-refractivity contribution in [2.75, 3.05) is 63.0 Å². The second-order valence-corrected chi connectivity index (χ2v) is 18.9. The molecule has 2 aromatic carbocycles. The molecular weight excluding hydrogens is 849 g/mol. The highest BCUT2D eigenvalue weighted by Crippen LogP contribution is 2.20. The van der Waals surface area contributed by atoms with Crippen LogP contribution in [0, 0.1) is 0 Å². The van der Waals surface area contributed by atoms with E-state index in [4.69, 9.17) is 20.4 Å². The first kappa shape index (κ1) is 51.3. The zero-order valence-corrected chi connectivity index (χ0v) is 39.5. The van der Waals surface area contributed by atoms with Crippen molar-refractivity contribution in [1.29, 1.82) is 0 Å². The van der Waals surface area contributed by atoms with E-state index in [0.29, 0.717) is 31.7 Å². The van der Waals surface area contributed by atoms with Crippen molar-refractivity contribution in [2.45, 2.75) is 103 Å². The molecule has 4 aromatic rings. The monoisotopic (exact) mass is 918 g/mol. The Morgan fingerprint density at radius 1 is 0.672 bits per heavy atom. The molecule has 0 saturated carbocycles. The number of nitrogens with one attached hydrogen (secondary N) is 5. The third-order valence-electron chi connectivity index (χ3n) is 10.6. The minimum atomic E-state index is -0.485. The normalized spacial score (nSPS) is 14.2. The molecule has 5 amide bonds. The topological polar surface area (TPSA) is 190 Å². The third-order valence-corrected chi connectivity index (χ3v) is 12.5. The molecule has 8 N–H and O–H groups in total. The van der Waals surface area contributed by atoms with Gasteiger partial charge in [0.15, 0.2) is 0 Å². The Morgan fingerprint density at radius 2 is 1.09 bits per heavy atom. The van der Waals surface area contributed by atoms with E-state index < -0.39 is 5.60 Å². The lowest BCUT2D eigenvalue weighted by Crippen LogP contribution is -2.47. The fourth-order valence-corrected chi connectivity index (χ4v) is 8.80. The molecule has 2 aromatic heterocycles. The quantitative estimate of drug-likeness (QED) is 0.0404. The number of aryl methyl sites for hydroxylation is 2. The van der Waals surface area contributed by atoms with Crippen LogP contribution in [0.1, 0.15) is 80.2 Å². The smallest absolute Gasteiger partial charge is 0.407 e. The van der Waals surface area contributed by atoms with Crippen molar-refractivity contribution in [2.24, 2.45) is 5.73 Å². The predicted molar refractivity (Wildman–Crippen MR) is 261 cm³/mol. The number of rotatable bonds is 17. The van der Waals surface area contributed by atoms with Gasteiger partial charge in [-0.15, -0.1) is 22.7 Å². The second-order valence-electron chi connectivity index (χ2n) is 16.9. The molecule has 16 heteroatoms. The van der Waals surface area contributed by atoms with E-state index in [1.807, 2.05) is 30.6 Å². The average Bonchev–Trinajstić information content (AvgIpc) is 4.01. The second kappa shape index (κ2) is 28.5. The number of carbonyl (C=O) groups is 4. The minimum absolute atomic E-state index is 0.0500. The summed E-state index contributed by atoms with van der Waals surface area (Å²) in [5, 5.41) is 27.2. The average molecular weight is 919 g/mol. The maximum absolute atomic E-state index is 12.4. The van der Waals surface area contributed by atoms with Crippen LogP contribution in [-0.4, -0.2) is 110 Å². The number of piperidine rings is 2. The first-order valence-corrected chi connectivity index (χ1v) is 24.3. The largest absolute Gasteiger partial charge is 0.483 e. The third kappa shape index (κ3) is 20.5. The predicted octanol–water partition coefficient (Wildman–Crippen LogP) is 8.20. The number of carboxylic acid groups (broad SMARTS) is 1. The number of thiophene rings is 2. The van der Waals surface area contributed by atoms with E-state index in [-0.39, 0.29) is 24.6 Å². The molecule has 14 nitrogen and oxygen atoms in total. The Bertz CT molecular complexity index is 1890. The summed E-state index contributed by atoms with van der Waals surface area (Å²) in [6.45, 7) is 11.1. The Kier molecular flexibility index (Phi) is 22.8. The summed E-state index contributed by atoms with van der Waals surface area (Å²) >= 11 is 3.55. The number of urea groups is 2. The Morgan fingerprint density at radius 3 is 1.47 bits per heavy atom. The van der Waals surface area contributed by atoms with E-state index in [1.54, 1.807) is 22.7 Å². The van der Waals surface area contributed by atoms with Gasteiger partial charge in [0.05, 0.1) is 0 Å². The molecule has 2 saturated heterocycles. The minimum Gasteiger partial charge on any atom is -0.483 e. The van der Waals surface area contributed by atoms with Crippen LogP contribution in [0.4, 0.5) is 25.8 Å². The van der Waals surface area contributed by atoms with Gasteiger partial charge < -0.3 is 52.0 Å². The van der Waals surface area contributed by atoms with Gasteiger partial charge in [-0.25, -0.2) is 14.4 Å². The molecule has 350 valence electrons. The van der Waals surface area contributed by atoms with E-state index >= 15 is 0 Å². The summed E-state index contributed by atoms with van der Waals surface area (Å²) < 4.78 is 5.25. The summed E-state index contributed by atoms with van der Waals surface area (Å²) in [5.41, 5.74) is 9.77. The molecule has 0 bridgehead atoms. The molecule has 2 aliphatic rings. The van der Waals surface area contributed by atoms with Crippen LogP contribution in [0.3, 0.4) is 0 Å². The van der Waals surface area contributed by atoms with Crippen molar-refractivity contribution in [3.63, 3.8) is 0 Å². The van der Waals surface area contributed by atoms with Crippen molar-refractivity contribution < 1.29 is 29.0 Å². The zero-order chi connectivity index (χ0) is 46.0. The van der Waals surface area contributed by atoms with Crippen LogP contribution in [-0.2, 0) is 35.2 Å². The fraction of sp³-hybridized carbons (Fsp3) is 0.500. The van der Waals surface area contributed by atoms with Crippen LogP contribution in [0.25, 0.3) is 0 Å². The number of anilines is 2. The number of amides is 5. The van der Waals surface area contributed by atoms with Crippen molar-refractivity contribution in [1.82, 2.24) is 25.8 Å². The van der Waals surface area contributed by atoms with E-state index in [9.17, 15) is 14.4 Å². The zero-order valence-electron chi connectivity index (χ0n) is 37.8. The fourth-order valence-electron chi connectivity index (χ4n) is 7.30. The maximum atomic E-state index is 12.4. The lowest BCUT2D eigenvalue weighted by Gasteiger charge is -2.33. The highest BCUT2D eigenvalue weighted by atomic mass is 32.1. The number of hydrogen-bond acceptors (Lipinski definition) is 10. The molecule has 0 unspecified atom stereocenters. The Labute approximate surface area is 387 Å². The number of nitrogens with zero attached hydrogens (tertiary/aromatic N) is 2. The molecule has 4 heterocycles. The number of nitrogens with two attached hydrogens (primary N) is 1. The van der Waals surface area contributed by atoms with Gasteiger partial charge in [0.25, 0.3) is 6.47 Å². The number of ether oxygens (including phenoxy) is 1. The lowest BCUT2D eigenvalue weighted by molar-refractivity contribution is -0.122. The van der Waals surface area contributed by atoms with Crippen LogP contribution in [0.2, 0.25) is 0 Å². The molecule has 0 radical (unpaired) electrons. The molecule has 2 aliphatic heterocycles. The molecule has 0 atom stereocenters. The number of hydrogen-bond donors (Lipinski definition) is 7. The van der Waals surface area contributed by atoms with Crippen molar-refractivity contribution >= 4 is 58.7 Å². The summed E-state index contributed by atoms with van der Waals surface area (Å²) in [7, 11) is 0. The molecular formula is C48H70N8O6S2. The Hall–Kier alpha value is -5.32. The first-order valence-electron chi connectivity index (χ1n) is 22.5. The van der Waals surface area contributed by atoms with Gasteiger partial charge in [-0.3, -0.25) is 4.79 Å². The van der Waals surface area contributed by atoms with E-state index in [0.717, 1.165) is 114 Å². The molecule has 0 aliphatic carbocycles. The highest BCUT2D eigenvalue weighted by Gasteiger charge is 2.24. The molecule has 0 spiro atoms. The van der Waals surface area contributed by atoms with Gasteiger partial charge in [-0.1, -0.05) is 36.4 Å². The van der Waals surface area contributed by atoms with Crippen LogP contribution in [0.15, 0.2) is 83.6 Å².